The number of piperidine rings is 1. The topological polar surface area (TPSA) is 91.4 Å². The van der Waals surface area contributed by atoms with Gasteiger partial charge in [-0.3, -0.25) is 9.78 Å². The Hall–Kier alpha value is -3.43. The van der Waals surface area contributed by atoms with Crippen LogP contribution in [0, 0.1) is 5.82 Å². The third-order valence-corrected chi connectivity index (χ3v) is 6.47. The summed E-state index contributed by atoms with van der Waals surface area (Å²) in [5.74, 6) is 0.421. The number of anilines is 3. The number of amides is 1. The van der Waals surface area contributed by atoms with Crippen LogP contribution in [0.25, 0.3) is 11.3 Å². The summed E-state index contributed by atoms with van der Waals surface area (Å²) < 4.78 is 20.7. The second-order valence-electron chi connectivity index (χ2n) is 8.55. The predicted octanol–water partition coefficient (Wildman–Crippen LogP) is 3.99. The zero-order chi connectivity index (χ0) is 24.4. The van der Waals surface area contributed by atoms with Crippen LogP contribution < -0.4 is 25.6 Å². The lowest BCUT2D eigenvalue weighted by Crippen LogP contribution is -2.43. The number of nitrogens with one attached hydrogen (secondary N) is 3. The Morgan fingerprint density at radius 2 is 2.03 bits per heavy atom. The molecule has 1 amide bonds. The zero-order valence-electron chi connectivity index (χ0n) is 19.3. The zero-order valence-corrected chi connectivity index (χ0v) is 20.0. The summed E-state index contributed by atoms with van der Waals surface area (Å²) in [5.41, 5.74) is 2.41. The van der Waals surface area contributed by atoms with E-state index in [4.69, 9.17) is 16.3 Å². The fraction of sp³-hybridized carbons (Fsp3) is 0.320. The van der Waals surface area contributed by atoms with E-state index in [0.29, 0.717) is 52.4 Å². The number of nitrogens with zero attached hydrogens (tertiary/aromatic N) is 3. The monoisotopic (exact) mass is 496 g/mol. The minimum Gasteiger partial charge on any atom is -0.486 e. The fourth-order valence-electron chi connectivity index (χ4n) is 4.40. The van der Waals surface area contributed by atoms with E-state index < -0.39 is 5.82 Å². The molecule has 0 atom stereocenters. The average molecular weight is 497 g/mol. The first-order valence-electron chi connectivity index (χ1n) is 11.6. The number of benzene rings is 1. The van der Waals surface area contributed by atoms with Crippen LogP contribution in [-0.4, -0.2) is 55.2 Å². The molecule has 35 heavy (non-hydrogen) atoms. The molecule has 182 valence electrons. The summed E-state index contributed by atoms with van der Waals surface area (Å²) in [4.78, 5) is 23.8. The molecule has 0 aliphatic carbocycles. The van der Waals surface area contributed by atoms with E-state index >= 15 is 0 Å². The van der Waals surface area contributed by atoms with Gasteiger partial charge < -0.3 is 25.6 Å². The number of aromatic nitrogens is 2. The van der Waals surface area contributed by atoms with Crippen molar-refractivity contribution in [2.24, 2.45) is 0 Å². The highest BCUT2D eigenvalue weighted by molar-refractivity contribution is 6.30. The number of hydrogen-bond acceptors (Lipinski definition) is 7. The van der Waals surface area contributed by atoms with Gasteiger partial charge in [-0.2, -0.15) is 0 Å². The Morgan fingerprint density at radius 1 is 1.20 bits per heavy atom. The lowest BCUT2D eigenvalue weighted by molar-refractivity contribution is 0.0930. The van der Waals surface area contributed by atoms with E-state index in [1.165, 1.54) is 12.1 Å². The number of fused-ring (bicyclic) bond motifs is 1. The molecule has 8 nitrogen and oxygen atoms in total. The maximum atomic E-state index is 14.7. The number of ether oxygens (including phenoxy) is 1. The second-order valence-corrected chi connectivity index (χ2v) is 8.99. The van der Waals surface area contributed by atoms with Crippen LogP contribution in [0.5, 0.6) is 5.75 Å². The van der Waals surface area contributed by atoms with E-state index in [2.05, 4.69) is 25.9 Å². The lowest BCUT2D eigenvalue weighted by atomic mass is 10.1. The molecular formula is C25H26ClFN6O2. The highest BCUT2D eigenvalue weighted by Gasteiger charge is 2.26. The quantitative estimate of drug-likeness (QED) is 0.492. The Bertz CT molecular complexity index is 1250. The van der Waals surface area contributed by atoms with E-state index in [1.807, 2.05) is 11.9 Å². The van der Waals surface area contributed by atoms with Gasteiger partial charge in [-0.25, -0.2) is 9.37 Å². The Kier molecular flexibility index (Phi) is 6.70. The normalized spacial score (nSPS) is 15.5. The standard InChI is InChI=1S/C25H26ClFN6O2/c1-33(21-6-9-29-14-18(21)25(34)31-16-4-7-28-8-5-16)22-13-20(17-12-15(26)2-3-19(17)27)32-24-23(22)35-11-10-30-24/h2-3,6,9,12-14,16,28H,4-5,7-8,10-11H2,1H3,(H,30,32)(H,31,34). The molecule has 3 N–H and O–H groups in total. The summed E-state index contributed by atoms with van der Waals surface area (Å²) in [5, 5.41) is 10.1. The molecule has 3 aromatic rings. The highest BCUT2D eigenvalue weighted by Crippen LogP contribution is 2.42. The molecule has 0 unspecified atom stereocenters. The Balaban J connectivity index is 1.55. The van der Waals surface area contributed by atoms with Gasteiger partial charge in [0.2, 0.25) is 0 Å². The number of hydrogen-bond donors (Lipinski definition) is 3. The summed E-state index contributed by atoms with van der Waals surface area (Å²) in [6.07, 6.45) is 4.95. The van der Waals surface area contributed by atoms with Crippen molar-refractivity contribution in [3.63, 3.8) is 0 Å². The van der Waals surface area contributed by atoms with Crippen molar-refractivity contribution in [2.45, 2.75) is 18.9 Å². The van der Waals surface area contributed by atoms with Crippen LogP contribution >= 0.6 is 11.6 Å². The van der Waals surface area contributed by atoms with Gasteiger partial charge in [-0.05, 0) is 56.3 Å². The average Bonchev–Trinajstić information content (AvgIpc) is 2.89. The van der Waals surface area contributed by atoms with Gasteiger partial charge in [-0.1, -0.05) is 11.6 Å². The van der Waals surface area contributed by atoms with Crippen LogP contribution in [0.15, 0.2) is 42.7 Å². The molecule has 4 heterocycles. The lowest BCUT2D eigenvalue weighted by Gasteiger charge is -2.29. The largest absolute Gasteiger partial charge is 0.486 e. The van der Waals surface area contributed by atoms with Crippen molar-refractivity contribution in [1.82, 2.24) is 20.6 Å². The molecular weight excluding hydrogens is 471 g/mol. The summed E-state index contributed by atoms with van der Waals surface area (Å²) >= 11 is 6.14. The van der Waals surface area contributed by atoms with Gasteiger partial charge in [0, 0.05) is 36.1 Å². The van der Waals surface area contributed by atoms with E-state index in [0.717, 1.165) is 25.9 Å². The molecule has 2 aliphatic rings. The second kappa shape index (κ2) is 10.1. The smallest absolute Gasteiger partial charge is 0.255 e. The first-order chi connectivity index (χ1) is 17.0. The molecule has 2 aromatic heterocycles. The van der Waals surface area contributed by atoms with Gasteiger partial charge in [0.05, 0.1) is 29.2 Å². The van der Waals surface area contributed by atoms with Crippen LogP contribution in [0.2, 0.25) is 5.02 Å². The van der Waals surface area contributed by atoms with Crippen LogP contribution in [0.3, 0.4) is 0 Å². The van der Waals surface area contributed by atoms with Gasteiger partial charge in [0.25, 0.3) is 5.91 Å². The summed E-state index contributed by atoms with van der Waals surface area (Å²) in [7, 11) is 1.84. The van der Waals surface area contributed by atoms with Gasteiger partial charge in [0.1, 0.15) is 12.4 Å². The van der Waals surface area contributed by atoms with Gasteiger partial charge in [0.15, 0.2) is 11.6 Å². The minimum atomic E-state index is -0.432. The van der Waals surface area contributed by atoms with Crippen molar-refractivity contribution < 1.29 is 13.9 Å². The van der Waals surface area contributed by atoms with Crippen molar-refractivity contribution in [3.8, 4) is 17.0 Å². The molecule has 5 rings (SSSR count). The molecule has 1 fully saturated rings. The molecule has 2 aliphatic heterocycles. The van der Waals surface area contributed by atoms with Gasteiger partial charge >= 0.3 is 0 Å². The van der Waals surface area contributed by atoms with Crippen LogP contribution in [0.4, 0.5) is 21.6 Å². The Labute approximate surface area is 207 Å². The fourth-order valence-corrected chi connectivity index (χ4v) is 4.57. The minimum absolute atomic E-state index is 0.112. The van der Waals surface area contributed by atoms with E-state index in [9.17, 15) is 9.18 Å². The SMILES string of the molecule is CN(c1ccncc1C(=O)NC1CCNCC1)c1cc(-c2cc(Cl)ccc2F)nc2c1OCCN2. The van der Waals surface area contributed by atoms with E-state index in [1.54, 1.807) is 30.6 Å². The third-order valence-electron chi connectivity index (χ3n) is 6.24. The molecule has 0 bridgehead atoms. The van der Waals surface area contributed by atoms with Gasteiger partial charge in [-0.15, -0.1) is 0 Å². The van der Waals surface area contributed by atoms with Crippen molar-refractivity contribution in [2.75, 3.05) is 43.5 Å². The summed E-state index contributed by atoms with van der Waals surface area (Å²) in [6.45, 7) is 2.78. The Morgan fingerprint density at radius 3 is 2.86 bits per heavy atom. The van der Waals surface area contributed by atoms with Crippen molar-refractivity contribution in [1.29, 1.82) is 0 Å². The maximum Gasteiger partial charge on any atom is 0.255 e. The molecule has 0 radical (unpaired) electrons. The van der Waals surface area contributed by atoms with Crippen molar-refractivity contribution in [3.05, 3.63) is 59.1 Å². The molecule has 0 spiro atoms. The third kappa shape index (κ3) is 4.87. The first-order valence-corrected chi connectivity index (χ1v) is 12.0. The number of halogens is 2. The van der Waals surface area contributed by atoms with Crippen LogP contribution in [0.1, 0.15) is 23.2 Å². The molecule has 1 aromatic carbocycles. The molecule has 0 saturated carbocycles. The van der Waals surface area contributed by atoms with E-state index in [-0.39, 0.29) is 17.5 Å². The highest BCUT2D eigenvalue weighted by atomic mass is 35.5. The maximum absolute atomic E-state index is 14.7. The predicted molar refractivity (Wildman–Crippen MR) is 134 cm³/mol. The molecule has 1 saturated heterocycles. The number of carbonyl (C=O) groups is 1. The number of carbonyl (C=O) groups excluding carboxylic acids is 1. The number of pyridine rings is 2. The molecule has 10 heteroatoms. The first kappa shape index (κ1) is 23.3. The van der Waals surface area contributed by atoms with Crippen molar-refractivity contribution >= 4 is 34.7 Å². The van der Waals surface area contributed by atoms with Crippen LogP contribution in [-0.2, 0) is 0 Å². The summed E-state index contributed by atoms with van der Waals surface area (Å²) in [6, 6.07) is 8.00. The number of rotatable bonds is 5.